The number of benzene rings is 1. The number of carbonyl (C=O) groups excluding carboxylic acids is 1. The summed E-state index contributed by atoms with van der Waals surface area (Å²) in [7, 11) is 1.58. The molecule has 0 N–H and O–H groups in total. The fourth-order valence-electron chi connectivity index (χ4n) is 2.02. The van der Waals surface area contributed by atoms with Gasteiger partial charge in [0.15, 0.2) is 0 Å². The topological polar surface area (TPSA) is 57.0 Å². The summed E-state index contributed by atoms with van der Waals surface area (Å²) in [5.74, 6) is -0.622. The molecule has 1 amide bonds. The van der Waals surface area contributed by atoms with E-state index in [0.717, 1.165) is 6.20 Å². The van der Waals surface area contributed by atoms with E-state index in [4.69, 9.17) is 16.9 Å². The second kappa shape index (κ2) is 7.01. The van der Waals surface area contributed by atoms with Gasteiger partial charge in [-0.15, -0.1) is 0 Å². The summed E-state index contributed by atoms with van der Waals surface area (Å²) in [6.45, 7) is 0. The van der Waals surface area contributed by atoms with Crippen molar-refractivity contribution in [2.24, 2.45) is 0 Å². The van der Waals surface area contributed by atoms with Crippen molar-refractivity contribution in [1.29, 1.82) is 5.26 Å². The number of hydrogen-bond donors (Lipinski definition) is 0. The van der Waals surface area contributed by atoms with Crippen molar-refractivity contribution in [2.75, 3.05) is 11.9 Å². The quantitative estimate of drug-likeness (QED) is 0.869. The molecule has 1 heterocycles. The molecule has 2 rings (SSSR count). The molecule has 0 bridgehead atoms. The maximum atomic E-state index is 13.0. The van der Waals surface area contributed by atoms with E-state index >= 15 is 0 Å². The van der Waals surface area contributed by atoms with Crippen LogP contribution in [0.4, 0.5) is 10.1 Å². The van der Waals surface area contributed by atoms with Gasteiger partial charge in [-0.25, -0.2) is 4.39 Å². The lowest BCUT2D eigenvalue weighted by Gasteiger charge is -2.19. The summed E-state index contributed by atoms with van der Waals surface area (Å²) in [5.41, 5.74) is 1.47. The van der Waals surface area contributed by atoms with Crippen molar-refractivity contribution in [3.8, 4) is 6.07 Å². The molecule has 0 spiro atoms. The third kappa shape index (κ3) is 3.80. The van der Waals surface area contributed by atoms with E-state index in [9.17, 15) is 9.18 Å². The molecule has 0 unspecified atom stereocenters. The van der Waals surface area contributed by atoms with Crippen LogP contribution in [0.25, 0.3) is 0 Å². The first-order valence-electron chi connectivity index (χ1n) is 6.57. The van der Waals surface area contributed by atoms with Gasteiger partial charge in [-0.1, -0.05) is 11.6 Å². The highest BCUT2D eigenvalue weighted by Crippen LogP contribution is 2.24. The number of nitrogens with zero attached hydrogens (tertiary/aromatic N) is 3. The molecule has 0 aliphatic carbocycles. The van der Waals surface area contributed by atoms with E-state index in [1.165, 1.54) is 17.2 Å². The largest absolute Gasteiger partial charge is 0.314 e. The number of pyridine rings is 1. The van der Waals surface area contributed by atoms with Gasteiger partial charge >= 0.3 is 0 Å². The van der Waals surface area contributed by atoms with Crippen LogP contribution in [0.2, 0.25) is 5.02 Å². The lowest BCUT2D eigenvalue weighted by atomic mass is 10.1. The second-order valence-corrected chi connectivity index (χ2v) is 5.17. The van der Waals surface area contributed by atoms with Crippen molar-refractivity contribution in [3.63, 3.8) is 0 Å². The van der Waals surface area contributed by atoms with Crippen LogP contribution in [0.1, 0.15) is 17.5 Å². The van der Waals surface area contributed by atoms with E-state index in [2.05, 4.69) is 4.98 Å². The van der Waals surface area contributed by atoms with Gasteiger partial charge in [0.05, 0.1) is 17.4 Å². The van der Waals surface area contributed by atoms with Gasteiger partial charge in [0, 0.05) is 24.7 Å². The molecule has 112 valence electrons. The first-order chi connectivity index (χ1) is 10.5. The Hall–Kier alpha value is -2.45. The minimum absolute atomic E-state index is 0.180. The highest BCUT2D eigenvalue weighted by Gasteiger charge is 2.15. The molecular weight excluding hydrogens is 305 g/mol. The van der Waals surface area contributed by atoms with Crippen LogP contribution in [0.15, 0.2) is 36.7 Å². The third-order valence-electron chi connectivity index (χ3n) is 3.20. The number of nitriles is 1. The Morgan fingerprint density at radius 3 is 2.86 bits per heavy atom. The highest BCUT2D eigenvalue weighted by atomic mass is 35.5. The third-order valence-corrected chi connectivity index (χ3v) is 3.44. The maximum Gasteiger partial charge on any atom is 0.227 e. The molecule has 0 aliphatic rings. The summed E-state index contributed by atoms with van der Waals surface area (Å²) in [6, 6.07) is 8.11. The van der Waals surface area contributed by atoms with Crippen LogP contribution in [-0.2, 0) is 11.2 Å². The van der Waals surface area contributed by atoms with Crippen molar-refractivity contribution in [2.45, 2.75) is 12.8 Å². The Bertz CT molecular complexity index is 742. The molecule has 2 aromatic rings. The highest BCUT2D eigenvalue weighted by molar-refractivity contribution is 6.31. The van der Waals surface area contributed by atoms with Crippen LogP contribution >= 0.6 is 11.6 Å². The Balaban J connectivity index is 2.10. The molecule has 0 radical (unpaired) electrons. The zero-order valence-corrected chi connectivity index (χ0v) is 12.6. The Morgan fingerprint density at radius 1 is 1.41 bits per heavy atom. The maximum absolute atomic E-state index is 13.0. The Morgan fingerprint density at radius 2 is 2.18 bits per heavy atom. The predicted octanol–water partition coefficient (Wildman–Crippen LogP) is 3.34. The standard InChI is InChI=1S/C16H13ClFN3O/c1-21(15-7-13(17)4-3-12(15)8-19)16(22)5-2-11-6-14(18)10-20-9-11/h3-4,6-7,9-10H,2,5H2,1H3. The summed E-state index contributed by atoms with van der Waals surface area (Å²) in [6.07, 6.45) is 3.19. The second-order valence-electron chi connectivity index (χ2n) is 4.74. The molecule has 4 nitrogen and oxygen atoms in total. The average molecular weight is 318 g/mol. The summed E-state index contributed by atoms with van der Waals surface area (Å²) >= 11 is 5.92. The van der Waals surface area contributed by atoms with Gasteiger partial charge in [0.1, 0.15) is 11.9 Å². The zero-order chi connectivity index (χ0) is 16.1. The predicted molar refractivity (Wildman–Crippen MR) is 82.1 cm³/mol. The van der Waals surface area contributed by atoms with Crippen LogP contribution < -0.4 is 4.90 Å². The molecule has 6 heteroatoms. The normalized spacial score (nSPS) is 10.1. The number of rotatable bonds is 4. The van der Waals surface area contributed by atoms with Crippen LogP contribution in [0.5, 0.6) is 0 Å². The van der Waals surface area contributed by atoms with Gasteiger partial charge in [0.25, 0.3) is 0 Å². The molecule has 0 aliphatic heterocycles. The molecule has 1 aromatic heterocycles. The molecular formula is C16H13ClFN3O. The first-order valence-corrected chi connectivity index (χ1v) is 6.94. The van der Waals surface area contributed by atoms with Gasteiger partial charge in [-0.05, 0) is 36.2 Å². The summed E-state index contributed by atoms with van der Waals surface area (Å²) in [5, 5.41) is 9.54. The van der Waals surface area contributed by atoms with Gasteiger partial charge in [-0.2, -0.15) is 5.26 Å². The molecule has 0 fully saturated rings. The number of anilines is 1. The number of amides is 1. The van der Waals surface area contributed by atoms with Crippen molar-refractivity contribution >= 4 is 23.2 Å². The van der Waals surface area contributed by atoms with E-state index in [1.807, 2.05) is 6.07 Å². The molecule has 22 heavy (non-hydrogen) atoms. The fourth-order valence-corrected chi connectivity index (χ4v) is 2.19. The number of hydrogen-bond acceptors (Lipinski definition) is 3. The van der Waals surface area contributed by atoms with Crippen molar-refractivity contribution in [3.05, 3.63) is 58.6 Å². The average Bonchev–Trinajstić information content (AvgIpc) is 2.52. The van der Waals surface area contributed by atoms with Crippen LogP contribution in [0.3, 0.4) is 0 Å². The Labute approximate surface area is 132 Å². The first kappa shape index (κ1) is 15.9. The minimum Gasteiger partial charge on any atom is -0.314 e. The zero-order valence-electron chi connectivity index (χ0n) is 11.9. The van der Waals surface area contributed by atoms with Gasteiger partial charge in [0.2, 0.25) is 5.91 Å². The molecule has 0 saturated heterocycles. The van der Waals surface area contributed by atoms with Gasteiger partial charge in [-0.3, -0.25) is 9.78 Å². The monoisotopic (exact) mass is 317 g/mol. The van der Waals surface area contributed by atoms with E-state index < -0.39 is 5.82 Å². The minimum atomic E-state index is -0.431. The van der Waals surface area contributed by atoms with Crippen molar-refractivity contribution < 1.29 is 9.18 Å². The van der Waals surface area contributed by atoms with E-state index in [1.54, 1.807) is 25.2 Å². The Kier molecular flexibility index (Phi) is 5.08. The molecule has 0 atom stereocenters. The smallest absolute Gasteiger partial charge is 0.227 e. The number of aryl methyl sites for hydroxylation is 1. The van der Waals surface area contributed by atoms with Crippen LogP contribution in [-0.4, -0.2) is 17.9 Å². The SMILES string of the molecule is CN(C(=O)CCc1cncc(F)c1)c1cc(Cl)ccc1C#N. The fraction of sp³-hybridized carbons (Fsp3) is 0.188. The molecule has 1 aromatic carbocycles. The number of carbonyl (C=O) groups is 1. The van der Waals surface area contributed by atoms with Crippen LogP contribution in [0, 0.1) is 17.1 Å². The lowest BCUT2D eigenvalue weighted by Crippen LogP contribution is -2.27. The van der Waals surface area contributed by atoms with E-state index in [-0.39, 0.29) is 12.3 Å². The summed E-state index contributed by atoms with van der Waals surface area (Å²) in [4.78, 5) is 17.4. The molecule has 0 saturated carbocycles. The van der Waals surface area contributed by atoms with E-state index in [0.29, 0.717) is 28.3 Å². The summed E-state index contributed by atoms with van der Waals surface area (Å²) < 4.78 is 13.0. The lowest BCUT2D eigenvalue weighted by molar-refractivity contribution is -0.118. The number of halogens is 2. The van der Waals surface area contributed by atoms with Crippen molar-refractivity contribution in [1.82, 2.24) is 4.98 Å². The number of aromatic nitrogens is 1. The van der Waals surface area contributed by atoms with Gasteiger partial charge < -0.3 is 4.90 Å².